The topological polar surface area (TPSA) is 32.3 Å². The van der Waals surface area contributed by atoms with Crippen LogP contribution >= 0.6 is 0 Å². The average molecular weight is 196 g/mol. The molecule has 2 rings (SSSR count). The van der Waals surface area contributed by atoms with Crippen molar-refractivity contribution in [2.24, 2.45) is 5.92 Å². The van der Waals surface area contributed by atoms with Gasteiger partial charge in [-0.05, 0) is 32.2 Å². The molecular formula is C11H20N2O. The molecule has 0 spiro atoms. The van der Waals surface area contributed by atoms with Crippen LogP contribution < -0.4 is 5.32 Å². The zero-order valence-electron chi connectivity index (χ0n) is 8.96. The van der Waals surface area contributed by atoms with E-state index >= 15 is 0 Å². The molecule has 80 valence electrons. The van der Waals surface area contributed by atoms with Gasteiger partial charge in [0.15, 0.2) is 0 Å². The summed E-state index contributed by atoms with van der Waals surface area (Å²) < 4.78 is 0. The summed E-state index contributed by atoms with van der Waals surface area (Å²) in [6.07, 6.45) is 4.66. The quantitative estimate of drug-likeness (QED) is 0.678. The molecule has 2 fully saturated rings. The molecule has 2 aliphatic rings. The van der Waals surface area contributed by atoms with E-state index in [9.17, 15) is 4.79 Å². The minimum atomic E-state index is 0.255. The summed E-state index contributed by atoms with van der Waals surface area (Å²) in [7, 11) is 0. The highest BCUT2D eigenvalue weighted by molar-refractivity contribution is 5.79. The Bertz CT molecular complexity index is 211. The molecule has 2 heterocycles. The van der Waals surface area contributed by atoms with Crippen LogP contribution in [0.1, 0.15) is 32.6 Å². The van der Waals surface area contributed by atoms with Crippen molar-refractivity contribution >= 4 is 5.91 Å². The molecule has 0 aromatic heterocycles. The summed E-state index contributed by atoms with van der Waals surface area (Å²) in [5, 5.41) is 3.37. The van der Waals surface area contributed by atoms with Crippen LogP contribution in [0, 0.1) is 5.92 Å². The van der Waals surface area contributed by atoms with Gasteiger partial charge in [0.2, 0.25) is 5.91 Å². The minimum absolute atomic E-state index is 0.255. The second-order valence-electron chi connectivity index (χ2n) is 4.58. The van der Waals surface area contributed by atoms with Crippen molar-refractivity contribution in [1.82, 2.24) is 10.2 Å². The van der Waals surface area contributed by atoms with Gasteiger partial charge in [0, 0.05) is 25.0 Å². The van der Waals surface area contributed by atoms with Gasteiger partial charge in [-0.1, -0.05) is 6.92 Å². The van der Waals surface area contributed by atoms with E-state index in [2.05, 4.69) is 17.1 Å². The van der Waals surface area contributed by atoms with Crippen LogP contribution in [0.5, 0.6) is 0 Å². The first-order chi connectivity index (χ1) is 6.79. The molecule has 3 nitrogen and oxygen atoms in total. The lowest BCUT2D eigenvalue weighted by Crippen LogP contribution is -2.52. The van der Waals surface area contributed by atoms with E-state index in [1.165, 1.54) is 19.3 Å². The number of amides is 1. The molecule has 0 aliphatic carbocycles. The van der Waals surface area contributed by atoms with E-state index in [0.29, 0.717) is 11.9 Å². The number of carbonyl (C=O) groups excluding carboxylic acids is 1. The van der Waals surface area contributed by atoms with Gasteiger partial charge >= 0.3 is 0 Å². The first-order valence-corrected chi connectivity index (χ1v) is 5.80. The second kappa shape index (κ2) is 4.30. The van der Waals surface area contributed by atoms with Crippen molar-refractivity contribution < 1.29 is 4.79 Å². The fourth-order valence-electron chi connectivity index (χ4n) is 2.55. The van der Waals surface area contributed by atoms with Crippen LogP contribution in [-0.4, -0.2) is 36.5 Å². The van der Waals surface area contributed by atoms with Gasteiger partial charge in [-0.3, -0.25) is 4.79 Å². The summed E-state index contributed by atoms with van der Waals surface area (Å²) in [6.45, 7) is 5.16. The van der Waals surface area contributed by atoms with Crippen molar-refractivity contribution in [2.75, 3.05) is 19.6 Å². The third-order valence-electron chi connectivity index (χ3n) is 3.45. The van der Waals surface area contributed by atoms with E-state index in [-0.39, 0.29) is 5.92 Å². The Balaban J connectivity index is 1.97. The van der Waals surface area contributed by atoms with Crippen LogP contribution in [-0.2, 0) is 4.79 Å². The van der Waals surface area contributed by atoms with E-state index in [1.807, 2.05) is 0 Å². The molecule has 0 aromatic rings. The maximum absolute atomic E-state index is 11.9. The smallest absolute Gasteiger partial charge is 0.225 e. The molecule has 0 aromatic carbocycles. The fourth-order valence-corrected chi connectivity index (χ4v) is 2.55. The molecule has 2 saturated heterocycles. The van der Waals surface area contributed by atoms with Crippen molar-refractivity contribution in [1.29, 1.82) is 0 Å². The normalized spacial score (nSPS) is 34.6. The fraction of sp³-hybridized carbons (Fsp3) is 0.909. The number of piperidine rings is 2. The number of hydrogen-bond donors (Lipinski definition) is 1. The maximum Gasteiger partial charge on any atom is 0.225 e. The molecule has 0 saturated carbocycles. The van der Waals surface area contributed by atoms with Crippen LogP contribution in [0.25, 0.3) is 0 Å². The monoisotopic (exact) mass is 196 g/mol. The van der Waals surface area contributed by atoms with Gasteiger partial charge in [0.25, 0.3) is 0 Å². The average Bonchev–Trinajstić information content (AvgIpc) is 2.23. The van der Waals surface area contributed by atoms with Crippen LogP contribution in [0.2, 0.25) is 0 Å². The number of rotatable bonds is 1. The lowest BCUT2D eigenvalue weighted by atomic mass is 9.95. The van der Waals surface area contributed by atoms with E-state index in [1.54, 1.807) is 0 Å². The standard InChI is InChI=1S/C11H20N2O/c1-9-4-3-7-13(11(9)14)10-5-2-6-12-8-10/h9-10,12H,2-8H2,1H3/t9?,10-/m1/s1. The predicted molar refractivity (Wildman–Crippen MR) is 56.0 cm³/mol. The molecule has 2 atom stereocenters. The molecule has 14 heavy (non-hydrogen) atoms. The highest BCUT2D eigenvalue weighted by Crippen LogP contribution is 2.21. The molecule has 0 bridgehead atoms. The van der Waals surface area contributed by atoms with Gasteiger partial charge in [-0.15, -0.1) is 0 Å². The largest absolute Gasteiger partial charge is 0.338 e. The summed E-state index contributed by atoms with van der Waals surface area (Å²) >= 11 is 0. The SMILES string of the molecule is CC1CCCN([C@@H]2CCCNC2)C1=O. The first-order valence-electron chi connectivity index (χ1n) is 5.80. The molecule has 3 heteroatoms. The van der Waals surface area contributed by atoms with Crippen LogP contribution in [0.4, 0.5) is 0 Å². The van der Waals surface area contributed by atoms with Crippen molar-refractivity contribution in [3.8, 4) is 0 Å². The Kier molecular flexibility index (Phi) is 3.06. The minimum Gasteiger partial charge on any atom is -0.338 e. The number of carbonyl (C=O) groups is 1. The second-order valence-corrected chi connectivity index (χ2v) is 4.58. The van der Waals surface area contributed by atoms with Crippen molar-refractivity contribution in [2.45, 2.75) is 38.6 Å². The number of nitrogens with one attached hydrogen (secondary N) is 1. The molecule has 2 aliphatic heterocycles. The zero-order chi connectivity index (χ0) is 9.97. The van der Waals surface area contributed by atoms with Crippen molar-refractivity contribution in [3.63, 3.8) is 0 Å². The highest BCUT2D eigenvalue weighted by Gasteiger charge is 2.30. The van der Waals surface area contributed by atoms with E-state index in [4.69, 9.17) is 0 Å². The van der Waals surface area contributed by atoms with Gasteiger partial charge in [-0.2, -0.15) is 0 Å². The lowest BCUT2D eigenvalue weighted by Gasteiger charge is -2.39. The summed E-state index contributed by atoms with van der Waals surface area (Å²) in [5.41, 5.74) is 0. The number of nitrogens with zero attached hydrogens (tertiary/aromatic N) is 1. The lowest BCUT2D eigenvalue weighted by molar-refractivity contribution is -0.140. The zero-order valence-corrected chi connectivity index (χ0v) is 8.96. The number of hydrogen-bond acceptors (Lipinski definition) is 2. The van der Waals surface area contributed by atoms with Gasteiger partial charge in [0.05, 0.1) is 0 Å². The molecular weight excluding hydrogens is 176 g/mol. The molecule has 1 amide bonds. The third-order valence-corrected chi connectivity index (χ3v) is 3.45. The Labute approximate surface area is 85.8 Å². The van der Waals surface area contributed by atoms with E-state index in [0.717, 1.165) is 26.1 Å². The summed E-state index contributed by atoms with van der Waals surface area (Å²) in [5.74, 6) is 0.635. The highest BCUT2D eigenvalue weighted by atomic mass is 16.2. The Morgan fingerprint density at radius 2 is 2.21 bits per heavy atom. The predicted octanol–water partition coefficient (Wildman–Crippen LogP) is 0.997. The third kappa shape index (κ3) is 1.92. The summed E-state index contributed by atoms with van der Waals surface area (Å²) in [4.78, 5) is 14.0. The number of likely N-dealkylation sites (tertiary alicyclic amines) is 1. The van der Waals surface area contributed by atoms with Gasteiger partial charge in [0.1, 0.15) is 0 Å². The van der Waals surface area contributed by atoms with Crippen LogP contribution in [0.3, 0.4) is 0 Å². The maximum atomic E-state index is 11.9. The Morgan fingerprint density at radius 1 is 1.36 bits per heavy atom. The molecule has 1 unspecified atom stereocenters. The Hall–Kier alpha value is -0.570. The Morgan fingerprint density at radius 3 is 2.93 bits per heavy atom. The van der Waals surface area contributed by atoms with Gasteiger partial charge in [-0.25, -0.2) is 0 Å². The van der Waals surface area contributed by atoms with Crippen molar-refractivity contribution in [3.05, 3.63) is 0 Å². The van der Waals surface area contributed by atoms with Crippen LogP contribution in [0.15, 0.2) is 0 Å². The van der Waals surface area contributed by atoms with E-state index < -0.39 is 0 Å². The summed E-state index contributed by atoms with van der Waals surface area (Å²) in [6, 6.07) is 0.471. The van der Waals surface area contributed by atoms with Gasteiger partial charge < -0.3 is 10.2 Å². The molecule has 0 radical (unpaired) electrons. The molecule has 1 N–H and O–H groups in total. The first kappa shape index (κ1) is 9.97.